The average molecular weight is 374 g/mol. The quantitative estimate of drug-likeness (QED) is 0.567. The zero-order valence-corrected chi connectivity index (χ0v) is 15.6. The van der Waals surface area contributed by atoms with Crippen molar-refractivity contribution in [3.8, 4) is 22.6 Å². The lowest BCUT2D eigenvalue weighted by molar-refractivity contribution is 0.0697. The number of hydrogen-bond donors (Lipinski definition) is 1. The minimum Gasteiger partial charge on any atom is -0.494 e. The number of carbonyl (C=O) groups is 1. The number of ether oxygens (including phenoxy) is 2. The Bertz CT molecular complexity index is 976. The summed E-state index contributed by atoms with van der Waals surface area (Å²) in [6.45, 7) is 1.25. The van der Waals surface area contributed by atoms with Crippen molar-refractivity contribution in [1.82, 2.24) is 0 Å². The SMILES string of the molecule is O=C(O)c1ccc(OCCCCc2ccc3c(c2)-c2ccccc2OC3)cc1. The van der Waals surface area contributed by atoms with Crippen molar-refractivity contribution in [2.75, 3.05) is 6.61 Å². The van der Waals surface area contributed by atoms with Crippen molar-refractivity contribution in [3.63, 3.8) is 0 Å². The topological polar surface area (TPSA) is 55.8 Å². The summed E-state index contributed by atoms with van der Waals surface area (Å²) in [6.07, 6.45) is 2.97. The lowest BCUT2D eigenvalue weighted by Crippen LogP contribution is -2.06. The molecule has 3 aromatic carbocycles. The van der Waals surface area contributed by atoms with Crippen LogP contribution in [-0.4, -0.2) is 17.7 Å². The Morgan fingerprint density at radius 1 is 0.964 bits per heavy atom. The van der Waals surface area contributed by atoms with E-state index in [1.54, 1.807) is 24.3 Å². The van der Waals surface area contributed by atoms with E-state index in [1.807, 2.05) is 18.2 Å². The fraction of sp³-hybridized carbons (Fsp3) is 0.208. The molecular formula is C24H22O4. The lowest BCUT2D eigenvalue weighted by atomic mass is 9.94. The van der Waals surface area contributed by atoms with Gasteiger partial charge in [-0.1, -0.05) is 36.4 Å². The van der Waals surface area contributed by atoms with Gasteiger partial charge < -0.3 is 14.6 Å². The van der Waals surface area contributed by atoms with Crippen LogP contribution < -0.4 is 9.47 Å². The molecule has 3 aromatic rings. The van der Waals surface area contributed by atoms with Crippen molar-refractivity contribution >= 4 is 5.97 Å². The molecule has 0 saturated carbocycles. The first-order valence-corrected chi connectivity index (χ1v) is 9.51. The third kappa shape index (κ3) is 4.01. The van der Waals surface area contributed by atoms with Crippen molar-refractivity contribution in [2.24, 2.45) is 0 Å². The lowest BCUT2D eigenvalue weighted by Gasteiger charge is -2.21. The van der Waals surface area contributed by atoms with E-state index in [0.717, 1.165) is 25.0 Å². The van der Waals surface area contributed by atoms with Gasteiger partial charge in [0.2, 0.25) is 0 Å². The molecule has 1 N–H and O–H groups in total. The van der Waals surface area contributed by atoms with Crippen LogP contribution in [0.3, 0.4) is 0 Å². The van der Waals surface area contributed by atoms with Gasteiger partial charge >= 0.3 is 5.97 Å². The number of aryl methyl sites for hydroxylation is 1. The molecule has 0 unspecified atom stereocenters. The molecule has 4 rings (SSSR count). The maximum Gasteiger partial charge on any atom is 0.335 e. The molecule has 0 saturated heterocycles. The zero-order valence-electron chi connectivity index (χ0n) is 15.6. The molecule has 0 bridgehead atoms. The van der Waals surface area contributed by atoms with E-state index in [4.69, 9.17) is 14.6 Å². The fourth-order valence-corrected chi connectivity index (χ4v) is 3.44. The Morgan fingerprint density at radius 3 is 2.61 bits per heavy atom. The van der Waals surface area contributed by atoms with Crippen LogP contribution in [0.25, 0.3) is 11.1 Å². The molecule has 0 fully saturated rings. The summed E-state index contributed by atoms with van der Waals surface area (Å²) in [5.74, 6) is 0.732. The van der Waals surface area contributed by atoms with Gasteiger partial charge in [0.05, 0.1) is 12.2 Å². The van der Waals surface area contributed by atoms with Crippen LogP contribution >= 0.6 is 0 Å². The molecule has 4 nitrogen and oxygen atoms in total. The van der Waals surface area contributed by atoms with E-state index in [2.05, 4.69) is 24.3 Å². The molecular weight excluding hydrogens is 352 g/mol. The van der Waals surface area contributed by atoms with Crippen LogP contribution in [0.2, 0.25) is 0 Å². The first kappa shape index (κ1) is 18.1. The van der Waals surface area contributed by atoms with E-state index >= 15 is 0 Å². The van der Waals surface area contributed by atoms with Crippen LogP contribution in [0.1, 0.15) is 34.3 Å². The Morgan fingerprint density at radius 2 is 1.79 bits per heavy atom. The second-order valence-corrected chi connectivity index (χ2v) is 6.91. The number of carboxylic acid groups (broad SMARTS) is 1. The van der Waals surface area contributed by atoms with E-state index in [0.29, 0.717) is 19.0 Å². The molecule has 142 valence electrons. The Balaban J connectivity index is 1.30. The number of fused-ring (bicyclic) bond motifs is 3. The molecule has 0 radical (unpaired) electrons. The van der Waals surface area contributed by atoms with Crippen molar-refractivity contribution < 1.29 is 19.4 Å². The highest BCUT2D eigenvalue weighted by atomic mass is 16.5. The molecule has 1 heterocycles. The van der Waals surface area contributed by atoms with Gasteiger partial charge in [0, 0.05) is 5.56 Å². The van der Waals surface area contributed by atoms with Gasteiger partial charge in [0.25, 0.3) is 0 Å². The van der Waals surface area contributed by atoms with E-state index in [1.165, 1.54) is 22.3 Å². The number of unbranched alkanes of at least 4 members (excludes halogenated alkanes) is 1. The van der Waals surface area contributed by atoms with Crippen LogP contribution in [0.15, 0.2) is 66.7 Å². The third-order valence-electron chi connectivity index (χ3n) is 4.96. The summed E-state index contributed by atoms with van der Waals surface area (Å²) >= 11 is 0. The number of rotatable bonds is 7. The first-order chi connectivity index (χ1) is 13.7. The average Bonchev–Trinajstić information content (AvgIpc) is 2.73. The van der Waals surface area contributed by atoms with Crippen LogP contribution in [0.5, 0.6) is 11.5 Å². The van der Waals surface area contributed by atoms with Gasteiger partial charge in [0.1, 0.15) is 18.1 Å². The normalized spacial score (nSPS) is 11.9. The molecule has 0 atom stereocenters. The summed E-state index contributed by atoms with van der Waals surface area (Å²) in [5, 5.41) is 8.91. The van der Waals surface area contributed by atoms with Gasteiger partial charge in [-0.15, -0.1) is 0 Å². The second-order valence-electron chi connectivity index (χ2n) is 6.91. The Labute approximate surface area is 164 Å². The van der Waals surface area contributed by atoms with Gasteiger partial charge in [-0.25, -0.2) is 4.79 Å². The predicted molar refractivity (Wildman–Crippen MR) is 108 cm³/mol. The zero-order chi connectivity index (χ0) is 19.3. The molecule has 0 aliphatic carbocycles. The molecule has 0 spiro atoms. The number of hydrogen-bond acceptors (Lipinski definition) is 3. The molecule has 1 aliphatic rings. The van der Waals surface area contributed by atoms with Gasteiger partial charge in [-0.2, -0.15) is 0 Å². The summed E-state index contributed by atoms with van der Waals surface area (Å²) in [6, 6.07) is 21.3. The Kier molecular flexibility index (Phi) is 5.29. The van der Waals surface area contributed by atoms with E-state index in [-0.39, 0.29) is 5.56 Å². The highest BCUT2D eigenvalue weighted by molar-refractivity contribution is 5.87. The Hall–Kier alpha value is -3.27. The smallest absolute Gasteiger partial charge is 0.335 e. The number of benzene rings is 3. The van der Waals surface area contributed by atoms with Crippen LogP contribution in [0, 0.1) is 0 Å². The van der Waals surface area contributed by atoms with E-state index in [9.17, 15) is 4.79 Å². The molecule has 4 heteroatoms. The van der Waals surface area contributed by atoms with E-state index < -0.39 is 5.97 Å². The highest BCUT2D eigenvalue weighted by Crippen LogP contribution is 2.37. The number of aromatic carboxylic acids is 1. The summed E-state index contributed by atoms with van der Waals surface area (Å²) in [7, 11) is 0. The maximum absolute atomic E-state index is 10.9. The minimum absolute atomic E-state index is 0.270. The maximum atomic E-state index is 10.9. The predicted octanol–water partition coefficient (Wildman–Crippen LogP) is 5.35. The van der Waals surface area contributed by atoms with Gasteiger partial charge in [-0.3, -0.25) is 0 Å². The fourth-order valence-electron chi connectivity index (χ4n) is 3.44. The standard InChI is InChI=1S/C24H22O4/c25-24(26)18-10-12-20(13-11-18)27-14-4-3-5-17-8-9-19-16-28-23-7-2-1-6-21(23)22(19)15-17/h1-2,6-13,15H,3-5,14,16H2,(H,25,26). The molecule has 28 heavy (non-hydrogen) atoms. The molecule has 0 amide bonds. The van der Waals surface area contributed by atoms with Crippen molar-refractivity contribution in [2.45, 2.75) is 25.9 Å². The number of para-hydroxylation sites is 1. The first-order valence-electron chi connectivity index (χ1n) is 9.51. The van der Waals surface area contributed by atoms with Crippen molar-refractivity contribution in [3.05, 3.63) is 83.4 Å². The van der Waals surface area contributed by atoms with Crippen LogP contribution in [0.4, 0.5) is 0 Å². The minimum atomic E-state index is -0.925. The molecule has 1 aliphatic heterocycles. The number of carboxylic acids is 1. The van der Waals surface area contributed by atoms with Gasteiger partial charge in [0.15, 0.2) is 0 Å². The van der Waals surface area contributed by atoms with Gasteiger partial charge in [-0.05, 0) is 66.3 Å². The monoisotopic (exact) mass is 374 g/mol. The molecule has 0 aromatic heterocycles. The summed E-state index contributed by atoms with van der Waals surface area (Å²) in [5.41, 5.74) is 5.26. The third-order valence-corrected chi connectivity index (χ3v) is 4.96. The largest absolute Gasteiger partial charge is 0.494 e. The highest BCUT2D eigenvalue weighted by Gasteiger charge is 2.16. The van der Waals surface area contributed by atoms with Crippen LogP contribution in [-0.2, 0) is 13.0 Å². The second kappa shape index (κ2) is 8.17. The summed E-state index contributed by atoms with van der Waals surface area (Å²) in [4.78, 5) is 10.9. The van der Waals surface area contributed by atoms with Crippen molar-refractivity contribution in [1.29, 1.82) is 0 Å². The summed E-state index contributed by atoms with van der Waals surface area (Å²) < 4.78 is 11.5.